The molecular formula is C16H11F3O5S. The van der Waals surface area contributed by atoms with Crippen molar-refractivity contribution in [3.05, 3.63) is 65.5 Å². The molecule has 0 radical (unpaired) electrons. The van der Waals surface area contributed by atoms with Gasteiger partial charge in [0.25, 0.3) is 0 Å². The number of sulfone groups is 1. The van der Waals surface area contributed by atoms with E-state index in [4.69, 9.17) is 4.74 Å². The average molecular weight is 372 g/mol. The van der Waals surface area contributed by atoms with Crippen LogP contribution in [0.3, 0.4) is 0 Å². The Labute approximate surface area is 141 Å². The molecule has 0 spiro atoms. The molecule has 0 aromatic heterocycles. The molecule has 0 fully saturated rings. The summed E-state index contributed by atoms with van der Waals surface area (Å²) in [6.07, 6.45) is 0. The van der Waals surface area contributed by atoms with E-state index in [1.54, 1.807) is 0 Å². The van der Waals surface area contributed by atoms with E-state index in [1.165, 1.54) is 12.1 Å². The molecule has 0 heterocycles. The number of alkyl halides is 2. The molecule has 2 rings (SSSR count). The second-order valence-corrected chi connectivity index (χ2v) is 6.75. The van der Waals surface area contributed by atoms with E-state index in [2.05, 4.69) is 0 Å². The third kappa shape index (κ3) is 4.44. The van der Waals surface area contributed by atoms with Gasteiger partial charge in [-0.05, 0) is 48.5 Å². The van der Waals surface area contributed by atoms with Crippen LogP contribution >= 0.6 is 0 Å². The maximum absolute atomic E-state index is 12.8. The van der Waals surface area contributed by atoms with Crippen molar-refractivity contribution in [2.24, 2.45) is 0 Å². The number of halogens is 3. The number of rotatable bonds is 6. The van der Waals surface area contributed by atoms with Crippen LogP contribution in [0.5, 0.6) is 0 Å². The first-order valence-electron chi connectivity index (χ1n) is 6.80. The number of hydrogen-bond acceptors (Lipinski definition) is 5. The van der Waals surface area contributed by atoms with Crippen LogP contribution < -0.4 is 0 Å². The van der Waals surface area contributed by atoms with Crippen molar-refractivity contribution in [3.63, 3.8) is 0 Å². The van der Waals surface area contributed by atoms with Crippen LogP contribution in [0.1, 0.15) is 20.7 Å². The summed E-state index contributed by atoms with van der Waals surface area (Å²) in [7, 11) is -4.75. The lowest BCUT2D eigenvalue weighted by Gasteiger charge is -2.06. The van der Waals surface area contributed by atoms with Gasteiger partial charge < -0.3 is 4.74 Å². The SMILES string of the molecule is O=C(COC(=O)c1ccc(S(=O)(=O)C(F)F)cc1)c1ccc(F)cc1. The normalized spacial score (nSPS) is 11.4. The molecule has 0 aliphatic rings. The lowest BCUT2D eigenvalue weighted by atomic mass is 10.1. The lowest BCUT2D eigenvalue weighted by molar-refractivity contribution is 0.0474. The zero-order valence-electron chi connectivity index (χ0n) is 12.5. The average Bonchev–Trinajstić information content (AvgIpc) is 2.60. The predicted octanol–water partition coefficient (Wildman–Crippen LogP) is 2.86. The number of ketones is 1. The van der Waals surface area contributed by atoms with E-state index < -0.39 is 44.7 Å². The van der Waals surface area contributed by atoms with E-state index in [9.17, 15) is 31.2 Å². The zero-order chi connectivity index (χ0) is 18.6. The number of benzene rings is 2. The highest BCUT2D eigenvalue weighted by Crippen LogP contribution is 2.19. The van der Waals surface area contributed by atoms with Crippen molar-refractivity contribution in [1.82, 2.24) is 0 Å². The molecule has 9 heteroatoms. The van der Waals surface area contributed by atoms with Crippen LogP contribution in [0.2, 0.25) is 0 Å². The van der Waals surface area contributed by atoms with Gasteiger partial charge in [0.05, 0.1) is 10.5 Å². The molecule has 0 saturated carbocycles. The standard InChI is InChI=1S/C16H11F3O5S/c17-12-5-1-10(2-6-12)14(20)9-24-15(21)11-3-7-13(8-4-11)25(22,23)16(18)19/h1-8,16H,9H2. The summed E-state index contributed by atoms with van der Waals surface area (Å²) >= 11 is 0. The van der Waals surface area contributed by atoms with E-state index in [1.807, 2.05) is 0 Å². The van der Waals surface area contributed by atoms with E-state index in [-0.39, 0.29) is 11.1 Å². The lowest BCUT2D eigenvalue weighted by Crippen LogP contribution is -2.15. The Hall–Kier alpha value is -2.68. The van der Waals surface area contributed by atoms with Gasteiger partial charge in [-0.15, -0.1) is 0 Å². The van der Waals surface area contributed by atoms with Gasteiger partial charge in [-0.25, -0.2) is 17.6 Å². The second kappa shape index (κ2) is 7.47. The fourth-order valence-corrected chi connectivity index (χ4v) is 2.54. The molecular weight excluding hydrogens is 361 g/mol. The van der Waals surface area contributed by atoms with Gasteiger partial charge in [-0.2, -0.15) is 8.78 Å². The first-order valence-corrected chi connectivity index (χ1v) is 8.34. The number of carbonyl (C=O) groups excluding carboxylic acids is 2. The van der Waals surface area contributed by atoms with Crippen LogP contribution in [0.25, 0.3) is 0 Å². The first kappa shape index (κ1) is 18.7. The number of ether oxygens (including phenoxy) is 1. The first-order chi connectivity index (χ1) is 11.7. The zero-order valence-corrected chi connectivity index (χ0v) is 13.3. The van der Waals surface area contributed by atoms with Gasteiger partial charge in [0.2, 0.25) is 9.84 Å². The maximum atomic E-state index is 12.8. The Morgan fingerprint density at radius 1 is 0.920 bits per heavy atom. The molecule has 132 valence electrons. The molecule has 0 aliphatic carbocycles. The fraction of sp³-hybridized carbons (Fsp3) is 0.125. The number of Topliss-reactive ketones (excluding diaryl/α,β-unsaturated/α-hetero) is 1. The largest absolute Gasteiger partial charge is 0.454 e. The quantitative estimate of drug-likeness (QED) is 0.576. The second-order valence-electron chi connectivity index (χ2n) is 4.84. The van der Waals surface area contributed by atoms with E-state index in [0.29, 0.717) is 0 Å². The van der Waals surface area contributed by atoms with Crippen LogP contribution in [-0.2, 0) is 14.6 Å². The monoisotopic (exact) mass is 372 g/mol. The molecule has 0 unspecified atom stereocenters. The fourth-order valence-electron chi connectivity index (χ4n) is 1.82. The van der Waals surface area contributed by atoms with Crippen molar-refractivity contribution in [2.45, 2.75) is 10.7 Å². The van der Waals surface area contributed by atoms with Gasteiger partial charge in [0.1, 0.15) is 5.82 Å². The van der Waals surface area contributed by atoms with Gasteiger partial charge >= 0.3 is 11.7 Å². The number of carbonyl (C=O) groups is 2. The van der Waals surface area contributed by atoms with Crippen molar-refractivity contribution >= 4 is 21.6 Å². The van der Waals surface area contributed by atoms with Crippen LogP contribution in [0.15, 0.2) is 53.4 Å². The maximum Gasteiger partial charge on any atom is 0.341 e. The Kier molecular flexibility index (Phi) is 5.58. The minimum absolute atomic E-state index is 0.111. The topological polar surface area (TPSA) is 77.5 Å². The van der Waals surface area contributed by atoms with Crippen molar-refractivity contribution in [3.8, 4) is 0 Å². The summed E-state index contributed by atoms with van der Waals surface area (Å²) in [5.74, 6) is -5.59. The minimum atomic E-state index is -4.75. The van der Waals surface area contributed by atoms with Gasteiger partial charge in [-0.1, -0.05) is 0 Å². The highest BCUT2D eigenvalue weighted by Gasteiger charge is 2.26. The number of hydrogen-bond donors (Lipinski definition) is 0. The van der Waals surface area contributed by atoms with Crippen molar-refractivity contribution < 1.29 is 35.9 Å². The van der Waals surface area contributed by atoms with Crippen molar-refractivity contribution in [2.75, 3.05) is 6.61 Å². The molecule has 0 atom stereocenters. The summed E-state index contributed by atoms with van der Waals surface area (Å²) in [5.41, 5.74) is 0.0349. The Morgan fingerprint density at radius 3 is 1.96 bits per heavy atom. The van der Waals surface area contributed by atoms with Crippen LogP contribution in [0, 0.1) is 5.82 Å². The smallest absolute Gasteiger partial charge is 0.341 e. The van der Waals surface area contributed by atoms with Crippen molar-refractivity contribution in [1.29, 1.82) is 0 Å². The van der Waals surface area contributed by atoms with Gasteiger partial charge in [0.15, 0.2) is 12.4 Å². The molecule has 0 bridgehead atoms. The molecule has 0 saturated heterocycles. The molecule has 0 amide bonds. The molecule has 2 aromatic rings. The highest BCUT2D eigenvalue weighted by atomic mass is 32.2. The molecule has 2 aromatic carbocycles. The summed E-state index contributed by atoms with van der Waals surface area (Å²) in [6, 6.07) is 8.32. The molecule has 0 N–H and O–H groups in total. The van der Waals surface area contributed by atoms with Gasteiger partial charge in [-0.3, -0.25) is 4.79 Å². The molecule has 5 nitrogen and oxygen atoms in total. The number of esters is 1. The summed E-state index contributed by atoms with van der Waals surface area (Å²) < 4.78 is 64.9. The molecule has 0 aliphatic heterocycles. The Bertz CT molecular complexity index is 875. The Morgan fingerprint density at radius 2 is 1.44 bits per heavy atom. The van der Waals surface area contributed by atoms with Crippen LogP contribution in [-0.4, -0.2) is 32.5 Å². The van der Waals surface area contributed by atoms with Crippen LogP contribution in [0.4, 0.5) is 13.2 Å². The van der Waals surface area contributed by atoms with Gasteiger partial charge in [0, 0.05) is 5.56 Å². The third-order valence-electron chi connectivity index (χ3n) is 3.15. The third-order valence-corrected chi connectivity index (χ3v) is 4.55. The summed E-state index contributed by atoms with van der Waals surface area (Å²) in [5, 5.41) is 0. The van der Waals surface area contributed by atoms with E-state index >= 15 is 0 Å². The highest BCUT2D eigenvalue weighted by molar-refractivity contribution is 7.91. The minimum Gasteiger partial charge on any atom is -0.454 e. The summed E-state index contributed by atoms with van der Waals surface area (Å²) in [4.78, 5) is 22.9. The predicted molar refractivity (Wildman–Crippen MR) is 80.6 cm³/mol. The molecule has 25 heavy (non-hydrogen) atoms. The summed E-state index contributed by atoms with van der Waals surface area (Å²) in [6.45, 7) is -0.610. The Balaban J connectivity index is 2.01. The van der Waals surface area contributed by atoms with E-state index in [0.717, 1.165) is 36.4 Å².